The number of carbonyl (C=O) groups is 1. The fraction of sp³-hybridized carbons (Fsp3) is 0.417. The minimum atomic E-state index is -0.472. The lowest BCUT2D eigenvalue weighted by Crippen LogP contribution is -2.46. The van der Waals surface area contributed by atoms with Crippen LogP contribution in [0.1, 0.15) is 17.3 Å². The Morgan fingerprint density at radius 1 is 1.56 bits per heavy atom. The number of hydrogen-bond acceptors (Lipinski definition) is 3. The van der Waals surface area contributed by atoms with Crippen molar-refractivity contribution in [3.05, 3.63) is 29.6 Å². The van der Waals surface area contributed by atoms with Gasteiger partial charge in [-0.25, -0.2) is 4.39 Å². The van der Waals surface area contributed by atoms with Crippen molar-refractivity contribution in [2.24, 2.45) is 5.92 Å². The van der Waals surface area contributed by atoms with Gasteiger partial charge in [0.15, 0.2) is 17.3 Å². The van der Waals surface area contributed by atoms with Gasteiger partial charge in [0.25, 0.3) is 0 Å². The monoisotopic (exact) mass is 223 g/mol. The summed E-state index contributed by atoms with van der Waals surface area (Å²) in [6.07, 6.45) is 0. The summed E-state index contributed by atoms with van der Waals surface area (Å²) in [5, 5.41) is 3.02. The molecule has 1 saturated heterocycles. The maximum Gasteiger partial charge on any atom is 0.168 e. The van der Waals surface area contributed by atoms with E-state index in [1.165, 1.54) is 12.1 Å². The maximum atomic E-state index is 13.5. The van der Waals surface area contributed by atoms with Crippen molar-refractivity contribution in [1.82, 2.24) is 5.32 Å². The van der Waals surface area contributed by atoms with Crippen LogP contribution in [0, 0.1) is 11.7 Å². The molecule has 1 N–H and O–H groups in total. The highest BCUT2D eigenvalue weighted by Gasteiger charge is 2.26. The predicted octanol–water partition coefficient (Wildman–Crippen LogP) is 1.63. The molecule has 1 aromatic carbocycles. The van der Waals surface area contributed by atoms with E-state index >= 15 is 0 Å². The predicted molar refractivity (Wildman–Crippen MR) is 58.3 cm³/mol. The van der Waals surface area contributed by atoms with Crippen molar-refractivity contribution >= 4 is 5.78 Å². The number of ether oxygens (including phenoxy) is 1. The molecule has 0 aromatic heterocycles. The third-order valence-electron chi connectivity index (χ3n) is 2.67. The molecule has 3 nitrogen and oxygen atoms in total. The molecule has 0 amide bonds. The number of Topliss-reactive ketones (excluding diaryl/α,β-unsaturated/α-hetero) is 1. The van der Waals surface area contributed by atoms with E-state index in [0.717, 1.165) is 0 Å². The van der Waals surface area contributed by atoms with Crippen LogP contribution in [0.15, 0.2) is 18.2 Å². The summed E-state index contributed by atoms with van der Waals surface area (Å²) in [5.74, 6) is -0.274. The van der Waals surface area contributed by atoms with Gasteiger partial charge in [-0.15, -0.1) is 0 Å². The highest BCUT2D eigenvalue weighted by atomic mass is 19.1. The minimum absolute atomic E-state index is 0.000647. The molecular formula is C12H14FNO2. The Kier molecular flexibility index (Phi) is 3.19. The van der Waals surface area contributed by atoms with Gasteiger partial charge in [0, 0.05) is 24.6 Å². The number of benzene rings is 1. The second-order valence-electron chi connectivity index (χ2n) is 3.80. The Balaban J connectivity index is 2.16. The highest BCUT2D eigenvalue weighted by molar-refractivity contribution is 5.98. The first-order chi connectivity index (χ1) is 7.72. The average Bonchev–Trinajstić information content (AvgIpc) is 2.18. The molecule has 1 aliphatic heterocycles. The molecule has 0 radical (unpaired) electrons. The topological polar surface area (TPSA) is 38.3 Å². The van der Waals surface area contributed by atoms with E-state index < -0.39 is 5.82 Å². The first-order valence-corrected chi connectivity index (χ1v) is 5.39. The molecule has 1 aromatic rings. The molecular weight excluding hydrogens is 209 g/mol. The van der Waals surface area contributed by atoms with Gasteiger partial charge < -0.3 is 10.1 Å². The first-order valence-electron chi connectivity index (χ1n) is 5.39. The Morgan fingerprint density at radius 3 is 2.81 bits per heavy atom. The Morgan fingerprint density at radius 2 is 2.31 bits per heavy atom. The van der Waals surface area contributed by atoms with Gasteiger partial charge >= 0.3 is 0 Å². The highest BCUT2D eigenvalue weighted by Crippen LogP contribution is 2.21. The fourth-order valence-electron chi connectivity index (χ4n) is 1.64. The number of ketones is 1. The summed E-state index contributed by atoms with van der Waals surface area (Å²) in [5.41, 5.74) is 0.424. The lowest BCUT2D eigenvalue weighted by Gasteiger charge is -2.25. The molecule has 4 heteroatoms. The SMILES string of the molecule is CCOc1ccc(C(=O)C2CNC2)cc1F. The van der Waals surface area contributed by atoms with Gasteiger partial charge in [0.2, 0.25) is 0 Å². The van der Waals surface area contributed by atoms with E-state index in [1.54, 1.807) is 13.0 Å². The summed E-state index contributed by atoms with van der Waals surface area (Å²) in [7, 11) is 0. The van der Waals surface area contributed by atoms with E-state index in [9.17, 15) is 9.18 Å². The third-order valence-corrected chi connectivity index (χ3v) is 2.67. The van der Waals surface area contributed by atoms with Gasteiger partial charge in [-0.05, 0) is 25.1 Å². The first kappa shape index (κ1) is 11.1. The van der Waals surface area contributed by atoms with Crippen LogP contribution in [0.2, 0.25) is 0 Å². The molecule has 0 atom stereocenters. The smallest absolute Gasteiger partial charge is 0.168 e. The van der Waals surface area contributed by atoms with Gasteiger partial charge in [0.1, 0.15) is 0 Å². The Bertz CT molecular complexity index is 402. The van der Waals surface area contributed by atoms with Crippen LogP contribution in [0.5, 0.6) is 5.75 Å². The number of hydrogen-bond donors (Lipinski definition) is 1. The van der Waals surface area contributed by atoms with Crippen molar-refractivity contribution in [1.29, 1.82) is 0 Å². The van der Waals surface area contributed by atoms with Crippen molar-refractivity contribution < 1.29 is 13.9 Å². The second kappa shape index (κ2) is 4.61. The minimum Gasteiger partial charge on any atom is -0.491 e. The van der Waals surface area contributed by atoms with E-state index in [4.69, 9.17) is 4.74 Å². The molecule has 1 aliphatic rings. The van der Waals surface area contributed by atoms with Crippen LogP contribution >= 0.6 is 0 Å². The molecule has 1 fully saturated rings. The lowest BCUT2D eigenvalue weighted by molar-refractivity contribution is 0.0877. The van der Waals surface area contributed by atoms with Gasteiger partial charge in [0.05, 0.1) is 6.61 Å². The zero-order chi connectivity index (χ0) is 11.5. The van der Waals surface area contributed by atoms with Crippen LogP contribution in [-0.2, 0) is 0 Å². The quantitative estimate of drug-likeness (QED) is 0.788. The summed E-state index contributed by atoms with van der Waals surface area (Å²) in [6, 6.07) is 4.39. The molecule has 0 bridgehead atoms. The van der Waals surface area contributed by atoms with Crippen molar-refractivity contribution in [3.8, 4) is 5.75 Å². The molecule has 16 heavy (non-hydrogen) atoms. The number of halogens is 1. The zero-order valence-electron chi connectivity index (χ0n) is 9.13. The number of carbonyl (C=O) groups excluding carboxylic acids is 1. The normalized spacial score (nSPS) is 15.6. The molecule has 0 saturated carbocycles. The fourth-order valence-corrected chi connectivity index (χ4v) is 1.64. The maximum absolute atomic E-state index is 13.5. The molecule has 0 aliphatic carbocycles. The van der Waals surface area contributed by atoms with Crippen molar-refractivity contribution in [2.75, 3.05) is 19.7 Å². The lowest BCUT2D eigenvalue weighted by atomic mass is 9.93. The number of rotatable bonds is 4. The van der Waals surface area contributed by atoms with E-state index in [-0.39, 0.29) is 17.5 Å². The second-order valence-corrected chi connectivity index (χ2v) is 3.80. The average molecular weight is 223 g/mol. The molecule has 86 valence electrons. The summed E-state index contributed by atoms with van der Waals surface area (Å²) in [6.45, 7) is 3.58. The van der Waals surface area contributed by atoms with E-state index in [0.29, 0.717) is 25.3 Å². The van der Waals surface area contributed by atoms with E-state index in [2.05, 4.69) is 5.32 Å². The van der Waals surface area contributed by atoms with Crippen LogP contribution < -0.4 is 10.1 Å². The van der Waals surface area contributed by atoms with Crippen molar-refractivity contribution in [3.63, 3.8) is 0 Å². The van der Waals surface area contributed by atoms with Gasteiger partial charge in [-0.2, -0.15) is 0 Å². The molecule has 0 spiro atoms. The van der Waals surface area contributed by atoms with Crippen LogP contribution in [0.3, 0.4) is 0 Å². The summed E-state index contributed by atoms with van der Waals surface area (Å²) in [4.78, 5) is 11.8. The number of nitrogens with one attached hydrogen (secondary N) is 1. The molecule has 0 unspecified atom stereocenters. The summed E-state index contributed by atoms with van der Waals surface area (Å²) < 4.78 is 18.6. The standard InChI is InChI=1S/C12H14FNO2/c1-2-16-11-4-3-8(5-10(11)13)12(15)9-6-14-7-9/h3-5,9,14H,2,6-7H2,1H3. The van der Waals surface area contributed by atoms with E-state index in [1.807, 2.05) is 0 Å². The van der Waals surface area contributed by atoms with Crippen LogP contribution in [0.25, 0.3) is 0 Å². The van der Waals surface area contributed by atoms with Gasteiger partial charge in [-0.3, -0.25) is 4.79 Å². The molecule has 1 heterocycles. The Labute approximate surface area is 93.6 Å². The van der Waals surface area contributed by atoms with Crippen LogP contribution in [0.4, 0.5) is 4.39 Å². The van der Waals surface area contributed by atoms with Gasteiger partial charge in [-0.1, -0.05) is 0 Å². The third kappa shape index (κ3) is 2.07. The molecule has 2 rings (SSSR count). The Hall–Kier alpha value is -1.42. The summed E-state index contributed by atoms with van der Waals surface area (Å²) >= 11 is 0. The largest absolute Gasteiger partial charge is 0.491 e. The zero-order valence-corrected chi connectivity index (χ0v) is 9.13. The van der Waals surface area contributed by atoms with Crippen LogP contribution in [-0.4, -0.2) is 25.5 Å². The van der Waals surface area contributed by atoms with Crippen molar-refractivity contribution in [2.45, 2.75) is 6.92 Å².